The maximum Gasteiger partial charge on any atom is 0.282 e. The van der Waals surface area contributed by atoms with E-state index in [9.17, 15) is 8.42 Å². The second-order valence-corrected chi connectivity index (χ2v) is 9.30. The largest absolute Gasteiger partial charge is 0.378 e. The molecule has 2 unspecified atom stereocenters. The molecule has 5 nitrogen and oxygen atoms in total. The van der Waals surface area contributed by atoms with Crippen LogP contribution in [0.25, 0.3) is 0 Å². The van der Waals surface area contributed by atoms with Crippen molar-refractivity contribution in [2.24, 2.45) is 5.92 Å². The Hall–Kier alpha value is -1.11. The third-order valence-electron chi connectivity index (χ3n) is 5.51. The average Bonchev–Trinajstić information content (AvgIpc) is 3.29. The molecule has 6 heteroatoms. The fourth-order valence-electron chi connectivity index (χ4n) is 3.61. The Labute approximate surface area is 146 Å². The maximum atomic E-state index is 13.2. The summed E-state index contributed by atoms with van der Waals surface area (Å²) >= 11 is 0. The fourth-order valence-corrected chi connectivity index (χ4v) is 5.44. The van der Waals surface area contributed by atoms with Crippen LogP contribution in [-0.2, 0) is 10.2 Å². The van der Waals surface area contributed by atoms with E-state index < -0.39 is 10.2 Å². The summed E-state index contributed by atoms with van der Waals surface area (Å²) in [6.07, 6.45) is 4.11. The van der Waals surface area contributed by atoms with Gasteiger partial charge < -0.3 is 4.90 Å². The van der Waals surface area contributed by atoms with Gasteiger partial charge in [-0.1, -0.05) is 12.1 Å². The van der Waals surface area contributed by atoms with Crippen LogP contribution in [0.3, 0.4) is 0 Å². The van der Waals surface area contributed by atoms with Crippen LogP contribution in [0.5, 0.6) is 0 Å². The number of hydrogen-bond acceptors (Lipinski definition) is 3. The second kappa shape index (κ2) is 6.65. The van der Waals surface area contributed by atoms with E-state index in [4.69, 9.17) is 0 Å². The molecule has 24 heavy (non-hydrogen) atoms. The molecule has 0 amide bonds. The topological polar surface area (TPSA) is 43.9 Å². The highest BCUT2D eigenvalue weighted by atomic mass is 32.2. The van der Waals surface area contributed by atoms with Crippen molar-refractivity contribution >= 4 is 15.9 Å². The van der Waals surface area contributed by atoms with Crippen LogP contribution >= 0.6 is 0 Å². The Balaban J connectivity index is 1.85. The van der Waals surface area contributed by atoms with Gasteiger partial charge in [-0.2, -0.15) is 17.0 Å². The molecule has 2 aliphatic rings. The van der Waals surface area contributed by atoms with Gasteiger partial charge in [0.2, 0.25) is 0 Å². The van der Waals surface area contributed by atoms with Crippen molar-refractivity contribution in [2.45, 2.75) is 44.7 Å². The summed E-state index contributed by atoms with van der Waals surface area (Å²) in [6.45, 7) is 2.65. The molecule has 2 atom stereocenters. The number of rotatable bonds is 6. The van der Waals surface area contributed by atoms with E-state index >= 15 is 0 Å². The van der Waals surface area contributed by atoms with Crippen LogP contribution in [0.4, 0.5) is 5.69 Å². The van der Waals surface area contributed by atoms with Gasteiger partial charge in [0.15, 0.2) is 0 Å². The molecule has 2 fully saturated rings. The quantitative estimate of drug-likeness (QED) is 0.791. The Morgan fingerprint density at radius 2 is 1.88 bits per heavy atom. The van der Waals surface area contributed by atoms with Crippen LogP contribution in [0, 0.1) is 5.92 Å². The molecule has 1 aromatic carbocycles. The summed E-state index contributed by atoms with van der Waals surface area (Å²) in [6, 6.07) is 8.27. The van der Waals surface area contributed by atoms with Crippen LogP contribution in [-0.4, -0.2) is 50.8 Å². The molecule has 3 rings (SSSR count). The standard InChI is InChI=1S/C18H29N3O2S/c1-14(15-10-11-15)20(4)24(22,23)21-12-6-9-18(21)16-7-5-8-17(13-16)19(2)3/h5,7-8,13-15,18H,6,9-12H2,1-4H3. The van der Waals surface area contributed by atoms with Gasteiger partial charge in [-0.3, -0.25) is 0 Å². The SMILES string of the molecule is CC(C1CC1)N(C)S(=O)(=O)N1CCCC1c1cccc(N(C)C)c1. The zero-order valence-electron chi connectivity index (χ0n) is 15.1. The van der Waals surface area contributed by atoms with Gasteiger partial charge in [-0.15, -0.1) is 0 Å². The monoisotopic (exact) mass is 351 g/mol. The van der Waals surface area contributed by atoms with Crippen molar-refractivity contribution in [1.82, 2.24) is 8.61 Å². The highest BCUT2D eigenvalue weighted by molar-refractivity contribution is 7.86. The predicted molar refractivity (Wildman–Crippen MR) is 98.3 cm³/mol. The molecule has 1 aromatic rings. The molecule has 1 saturated carbocycles. The minimum Gasteiger partial charge on any atom is -0.378 e. The van der Waals surface area contributed by atoms with E-state index in [2.05, 4.69) is 23.1 Å². The van der Waals surface area contributed by atoms with Gasteiger partial charge >= 0.3 is 0 Å². The van der Waals surface area contributed by atoms with Gasteiger partial charge in [0.1, 0.15) is 0 Å². The molecule has 1 aliphatic heterocycles. The first-order valence-corrected chi connectivity index (χ1v) is 10.2. The van der Waals surface area contributed by atoms with E-state index in [0.29, 0.717) is 12.5 Å². The molecule has 0 radical (unpaired) electrons. The molecular formula is C18H29N3O2S. The van der Waals surface area contributed by atoms with Crippen molar-refractivity contribution in [3.05, 3.63) is 29.8 Å². The lowest BCUT2D eigenvalue weighted by Gasteiger charge is -2.32. The molecule has 1 saturated heterocycles. The lowest BCUT2D eigenvalue weighted by atomic mass is 10.0. The first kappa shape index (κ1) is 17.7. The van der Waals surface area contributed by atoms with Gasteiger partial charge in [-0.25, -0.2) is 0 Å². The summed E-state index contributed by atoms with van der Waals surface area (Å²) in [5.74, 6) is 0.530. The lowest BCUT2D eigenvalue weighted by Crippen LogP contribution is -2.46. The normalized spacial score (nSPS) is 23.6. The molecule has 1 aliphatic carbocycles. The minimum absolute atomic E-state index is 0.0521. The average molecular weight is 352 g/mol. The Kier molecular flexibility index (Phi) is 4.91. The Bertz CT molecular complexity index is 685. The molecule has 1 heterocycles. The van der Waals surface area contributed by atoms with E-state index in [0.717, 1.165) is 36.9 Å². The summed E-state index contributed by atoms with van der Waals surface area (Å²) in [5.41, 5.74) is 2.20. The molecule has 134 valence electrons. The molecule has 0 spiro atoms. The summed E-state index contributed by atoms with van der Waals surface area (Å²) in [4.78, 5) is 2.05. The molecular weight excluding hydrogens is 322 g/mol. The van der Waals surface area contributed by atoms with Gasteiger partial charge in [0.05, 0.1) is 6.04 Å². The predicted octanol–water partition coefficient (Wildman–Crippen LogP) is 2.86. The number of hydrogen-bond donors (Lipinski definition) is 0. The number of benzene rings is 1. The van der Waals surface area contributed by atoms with E-state index in [1.165, 1.54) is 0 Å². The van der Waals surface area contributed by atoms with E-state index in [1.54, 1.807) is 15.7 Å². The van der Waals surface area contributed by atoms with E-state index in [1.807, 2.05) is 27.1 Å². The highest BCUT2D eigenvalue weighted by Crippen LogP contribution is 2.39. The van der Waals surface area contributed by atoms with Crippen molar-refractivity contribution in [1.29, 1.82) is 0 Å². The highest BCUT2D eigenvalue weighted by Gasteiger charge is 2.42. The first-order valence-electron chi connectivity index (χ1n) is 8.84. The number of anilines is 1. The third kappa shape index (κ3) is 3.32. The van der Waals surface area contributed by atoms with Crippen LogP contribution in [0.15, 0.2) is 24.3 Å². The molecule has 0 aromatic heterocycles. The fraction of sp³-hybridized carbons (Fsp3) is 0.667. The van der Waals surface area contributed by atoms with E-state index in [-0.39, 0.29) is 12.1 Å². The third-order valence-corrected chi connectivity index (χ3v) is 7.60. The summed E-state index contributed by atoms with van der Waals surface area (Å²) < 4.78 is 29.6. The molecule has 0 bridgehead atoms. The zero-order valence-corrected chi connectivity index (χ0v) is 16.0. The Morgan fingerprint density at radius 1 is 1.17 bits per heavy atom. The zero-order chi connectivity index (χ0) is 17.5. The van der Waals surface area contributed by atoms with Crippen LogP contribution in [0.2, 0.25) is 0 Å². The summed E-state index contributed by atoms with van der Waals surface area (Å²) in [5, 5.41) is 0. The van der Waals surface area contributed by atoms with Gasteiger partial charge in [-0.05, 0) is 56.2 Å². The van der Waals surface area contributed by atoms with Gasteiger partial charge in [0.25, 0.3) is 10.2 Å². The smallest absolute Gasteiger partial charge is 0.282 e. The first-order chi connectivity index (χ1) is 11.3. The second-order valence-electron chi connectivity index (χ2n) is 7.36. The van der Waals surface area contributed by atoms with Crippen LogP contribution in [0.1, 0.15) is 44.2 Å². The van der Waals surface area contributed by atoms with Gasteiger partial charge in [0, 0.05) is 39.4 Å². The molecule has 0 N–H and O–H groups in total. The minimum atomic E-state index is -3.42. The lowest BCUT2D eigenvalue weighted by molar-refractivity contribution is 0.301. The number of nitrogens with zero attached hydrogens (tertiary/aromatic N) is 3. The van der Waals surface area contributed by atoms with Crippen molar-refractivity contribution in [2.75, 3.05) is 32.6 Å². The summed E-state index contributed by atoms with van der Waals surface area (Å²) in [7, 11) is 2.33. The maximum absolute atomic E-state index is 13.2. The van der Waals surface area contributed by atoms with Crippen LogP contribution < -0.4 is 4.90 Å². The van der Waals surface area contributed by atoms with Crippen molar-refractivity contribution < 1.29 is 8.42 Å². The van der Waals surface area contributed by atoms with Crippen molar-refractivity contribution in [3.63, 3.8) is 0 Å². The Morgan fingerprint density at radius 3 is 2.50 bits per heavy atom. The van der Waals surface area contributed by atoms with Crippen molar-refractivity contribution in [3.8, 4) is 0 Å².